The molecule has 1 N–H and O–H groups in total. The van der Waals surface area contributed by atoms with Crippen LogP contribution in [0.5, 0.6) is 0 Å². The Bertz CT molecular complexity index is 354. The van der Waals surface area contributed by atoms with E-state index in [-0.39, 0.29) is 24.0 Å². The monoisotopic (exact) mass is 236 g/mol. The third-order valence-electron chi connectivity index (χ3n) is 3.04. The second-order valence-corrected chi connectivity index (χ2v) is 4.27. The smallest absolute Gasteiger partial charge is 0.309 e. The number of methoxy groups -OCH3 is 1. The van der Waals surface area contributed by atoms with Crippen molar-refractivity contribution >= 4 is 5.97 Å². The first-order chi connectivity index (χ1) is 8.06. The molecule has 0 aromatic carbocycles. The second kappa shape index (κ2) is 6.35. The van der Waals surface area contributed by atoms with Gasteiger partial charge in [-0.1, -0.05) is 6.92 Å². The van der Waals surface area contributed by atoms with Crippen molar-refractivity contribution in [3.8, 4) is 0 Å². The van der Waals surface area contributed by atoms with E-state index in [0.29, 0.717) is 0 Å². The molecule has 1 aromatic rings. The van der Waals surface area contributed by atoms with Gasteiger partial charge in [-0.25, -0.2) is 0 Å². The number of carbonyl (C=O) groups is 1. The number of carbonyl (C=O) groups excluding carboxylic acids is 1. The molecule has 0 saturated carbocycles. The maximum absolute atomic E-state index is 11.4. The van der Waals surface area contributed by atoms with E-state index in [4.69, 9.17) is 4.74 Å². The van der Waals surface area contributed by atoms with Gasteiger partial charge in [0.2, 0.25) is 0 Å². The van der Waals surface area contributed by atoms with Crippen molar-refractivity contribution in [1.82, 2.24) is 10.3 Å². The van der Waals surface area contributed by atoms with Crippen molar-refractivity contribution in [2.45, 2.75) is 32.9 Å². The highest BCUT2D eigenvalue weighted by Gasteiger charge is 2.22. The van der Waals surface area contributed by atoms with Crippen LogP contribution in [0.4, 0.5) is 0 Å². The zero-order valence-corrected chi connectivity index (χ0v) is 10.8. The Balaban J connectivity index is 2.57. The normalized spacial score (nSPS) is 16.0. The lowest BCUT2D eigenvalue weighted by molar-refractivity contribution is -0.145. The predicted octanol–water partition coefficient (Wildman–Crippen LogP) is 1.93. The van der Waals surface area contributed by atoms with Crippen molar-refractivity contribution in [2.24, 2.45) is 5.92 Å². The van der Waals surface area contributed by atoms with Gasteiger partial charge in [-0.15, -0.1) is 0 Å². The Labute approximate surface area is 102 Å². The largest absolute Gasteiger partial charge is 0.469 e. The number of rotatable bonds is 5. The second-order valence-electron chi connectivity index (χ2n) is 4.27. The quantitative estimate of drug-likeness (QED) is 0.794. The highest BCUT2D eigenvalue weighted by Crippen LogP contribution is 2.14. The fourth-order valence-corrected chi connectivity index (χ4v) is 1.68. The van der Waals surface area contributed by atoms with Crippen LogP contribution in [0.3, 0.4) is 0 Å². The maximum Gasteiger partial charge on any atom is 0.309 e. The molecule has 0 spiro atoms. The molecular formula is C13H20N2O2. The molecule has 0 aliphatic heterocycles. The summed E-state index contributed by atoms with van der Waals surface area (Å²) in [6.07, 6.45) is 3.53. The SMILES string of the molecule is COC(=O)C(C)C(C)N[C@H](C)c1ccncc1. The first-order valence-electron chi connectivity index (χ1n) is 5.80. The molecule has 4 nitrogen and oxygen atoms in total. The molecule has 3 atom stereocenters. The fraction of sp³-hybridized carbons (Fsp3) is 0.538. The van der Waals surface area contributed by atoms with E-state index in [1.54, 1.807) is 12.4 Å². The molecule has 1 heterocycles. The number of ether oxygens (including phenoxy) is 1. The molecule has 0 fully saturated rings. The van der Waals surface area contributed by atoms with Gasteiger partial charge < -0.3 is 10.1 Å². The molecule has 4 heteroatoms. The van der Waals surface area contributed by atoms with Crippen LogP contribution >= 0.6 is 0 Å². The van der Waals surface area contributed by atoms with Gasteiger partial charge in [-0.2, -0.15) is 0 Å². The van der Waals surface area contributed by atoms with E-state index < -0.39 is 0 Å². The molecule has 94 valence electrons. The molecule has 0 saturated heterocycles. The first kappa shape index (κ1) is 13.6. The van der Waals surface area contributed by atoms with Gasteiger partial charge in [0, 0.05) is 24.5 Å². The van der Waals surface area contributed by atoms with Crippen LogP contribution in [0.2, 0.25) is 0 Å². The number of hydrogen-bond acceptors (Lipinski definition) is 4. The number of hydrogen-bond donors (Lipinski definition) is 1. The van der Waals surface area contributed by atoms with Crippen molar-refractivity contribution < 1.29 is 9.53 Å². The van der Waals surface area contributed by atoms with Crippen LogP contribution in [0, 0.1) is 5.92 Å². The minimum atomic E-state index is -0.188. The summed E-state index contributed by atoms with van der Waals surface area (Å²) in [6, 6.07) is 4.17. The molecule has 0 bridgehead atoms. The Kier molecular flexibility index (Phi) is 5.10. The molecule has 0 radical (unpaired) electrons. The molecule has 0 amide bonds. The van der Waals surface area contributed by atoms with Crippen molar-refractivity contribution in [2.75, 3.05) is 7.11 Å². The lowest BCUT2D eigenvalue weighted by atomic mass is 10.0. The van der Waals surface area contributed by atoms with Gasteiger partial charge in [-0.3, -0.25) is 9.78 Å². The molecule has 17 heavy (non-hydrogen) atoms. The first-order valence-corrected chi connectivity index (χ1v) is 5.80. The summed E-state index contributed by atoms with van der Waals surface area (Å²) in [5.41, 5.74) is 1.16. The standard InChI is InChI=1S/C13H20N2O2/c1-9(13(16)17-4)10(2)15-11(3)12-5-7-14-8-6-12/h5-11,15H,1-4H3/t9?,10?,11-/m1/s1. The highest BCUT2D eigenvalue weighted by atomic mass is 16.5. The summed E-state index contributed by atoms with van der Waals surface area (Å²) in [5, 5.41) is 3.38. The van der Waals surface area contributed by atoms with E-state index in [1.807, 2.05) is 26.0 Å². The summed E-state index contributed by atoms with van der Waals surface area (Å²) >= 11 is 0. The van der Waals surface area contributed by atoms with Crippen LogP contribution in [-0.4, -0.2) is 24.1 Å². The minimum absolute atomic E-state index is 0.0608. The third kappa shape index (κ3) is 3.82. The third-order valence-corrected chi connectivity index (χ3v) is 3.04. The summed E-state index contributed by atoms with van der Waals surface area (Å²) < 4.78 is 4.73. The molecule has 2 unspecified atom stereocenters. The van der Waals surface area contributed by atoms with Crippen LogP contribution in [-0.2, 0) is 9.53 Å². The van der Waals surface area contributed by atoms with E-state index >= 15 is 0 Å². The van der Waals surface area contributed by atoms with Crippen molar-refractivity contribution in [3.63, 3.8) is 0 Å². The van der Waals surface area contributed by atoms with Crippen LogP contribution < -0.4 is 5.32 Å². The van der Waals surface area contributed by atoms with Gasteiger partial charge in [-0.05, 0) is 31.5 Å². The average Bonchev–Trinajstić information content (AvgIpc) is 2.37. The number of nitrogens with zero attached hydrogens (tertiary/aromatic N) is 1. The number of pyridine rings is 1. The molecule has 0 aliphatic rings. The van der Waals surface area contributed by atoms with Crippen LogP contribution in [0.15, 0.2) is 24.5 Å². The summed E-state index contributed by atoms with van der Waals surface area (Å²) in [5.74, 6) is -0.351. The van der Waals surface area contributed by atoms with Gasteiger partial charge in [0.1, 0.15) is 0 Å². The highest BCUT2D eigenvalue weighted by molar-refractivity contribution is 5.72. The van der Waals surface area contributed by atoms with E-state index in [1.165, 1.54) is 7.11 Å². The Morgan fingerprint density at radius 2 is 1.88 bits per heavy atom. The van der Waals surface area contributed by atoms with Gasteiger partial charge in [0.05, 0.1) is 13.0 Å². The number of esters is 1. The van der Waals surface area contributed by atoms with Crippen molar-refractivity contribution in [3.05, 3.63) is 30.1 Å². The summed E-state index contributed by atoms with van der Waals surface area (Å²) in [6.45, 7) is 5.91. The minimum Gasteiger partial charge on any atom is -0.469 e. The Morgan fingerprint density at radius 1 is 1.29 bits per heavy atom. The maximum atomic E-state index is 11.4. The molecule has 0 aliphatic carbocycles. The summed E-state index contributed by atoms with van der Waals surface area (Å²) in [7, 11) is 1.41. The average molecular weight is 236 g/mol. The number of aromatic nitrogens is 1. The van der Waals surface area contributed by atoms with E-state index in [9.17, 15) is 4.79 Å². The Hall–Kier alpha value is -1.42. The Morgan fingerprint density at radius 3 is 2.41 bits per heavy atom. The summed E-state index contributed by atoms with van der Waals surface area (Å²) in [4.78, 5) is 15.4. The van der Waals surface area contributed by atoms with Crippen molar-refractivity contribution in [1.29, 1.82) is 0 Å². The van der Waals surface area contributed by atoms with Gasteiger partial charge >= 0.3 is 5.97 Å². The van der Waals surface area contributed by atoms with E-state index in [0.717, 1.165) is 5.56 Å². The fourth-order valence-electron chi connectivity index (χ4n) is 1.68. The molecule has 1 aromatic heterocycles. The van der Waals surface area contributed by atoms with Gasteiger partial charge in [0.15, 0.2) is 0 Å². The lowest BCUT2D eigenvalue weighted by Gasteiger charge is -2.23. The van der Waals surface area contributed by atoms with E-state index in [2.05, 4.69) is 17.2 Å². The van der Waals surface area contributed by atoms with Crippen LogP contribution in [0.25, 0.3) is 0 Å². The lowest BCUT2D eigenvalue weighted by Crippen LogP contribution is -2.38. The zero-order valence-electron chi connectivity index (χ0n) is 10.8. The zero-order chi connectivity index (χ0) is 12.8. The topological polar surface area (TPSA) is 51.2 Å². The van der Waals surface area contributed by atoms with Gasteiger partial charge in [0.25, 0.3) is 0 Å². The van der Waals surface area contributed by atoms with Crippen LogP contribution in [0.1, 0.15) is 32.4 Å². The molecule has 1 rings (SSSR count). The number of nitrogens with one attached hydrogen (secondary N) is 1. The predicted molar refractivity (Wildman–Crippen MR) is 66.4 cm³/mol. The molecular weight excluding hydrogens is 216 g/mol.